The molecule has 24 heavy (non-hydrogen) atoms. The summed E-state index contributed by atoms with van der Waals surface area (Å²) in [6, 6.07) is 6.54. The predicted molar refractivity (Wildman–Crippen MR) is 90.5 cm³/mol. The fraction of sp³-hybridized carbons (Fsp3) is 0.412. The summed E-state index contributed by atoms with van der Waals surface area (Å²) < 4.78 is 15.7. The zero-order valence-electron chi connectivity index (χ0n) is 13.5. The summed E-state index contributed by atoms with van der Waals surface area (Å²) in [4.78, 5) is 14.6. The third kappa shape index (κ3) is 3.44. The molecule has 1 aromatic heterocycles. The highest BCUT2D eigenvalue weighted by atomic mass is 35.5. The summed E-state index contributed by atoms with van der Waals surface area (Å²) in [5.74, 6) is -0.553. The van der Waals surface area contributed by atoms with Crippen LogP contribution in [0.4, 0.5) is 4.39 Å². The minimum absolute atomic E-state index is 0.190. The number of carbonyl (C=O) groups excluding carboxylic acids is 1. The molecule has 1 amide bonds. The van der Waals surface area contributed by atoms with Crippen LogP contribution in [0.15, 0.2) is 30.5 Å². The van der Waals surface area contributed by atoms with E-state index >= 15 is 0 Å². The molecular weight excluding hydrogens is 331 g/mol. The molecule has 1 saturated heterocycles. The normalized spacial score (nSPS) is 16.3. The first-order valence-electron chi connectivity index (χ1n) is 8.02. The van der Waals surface area contributed by atoms with Crippen molar-refractivity contribution in [2.45, 2.75) is 18.9 Å². The second kappa shape index (κ2) is 7.32. The van der Waals surface area contributed by atoms with Crippen molar-refractivity contribution in [1.29, 1.82) is 0 Å². The van der Waals surface area contributed by atoms with Gasteiger partial charge in [-0.1, -0.05) is 29.8 Å². The van der Waals surface area contributed by atoms with Gasteiger partial charge in [0.25, 0.3) is 5.91 Å². The van der Waals surface area contributed by atoms with Crippen molar-refractivity contribution in [2.75, 3.05) is 19.6 Å². The number of halogens is 2. The van der Waals surface area contributed by atoms with Gasteiger partial charge in [0.2, 0.25) is 0 Å². The third-order valence-corrected chi connectivity index (χ3v) is 4.69. The molecule has 1 aliphatic heterocycles. The highest BCUT2D eigenvalue weighted by molar-refractivity contribution is 6.33. The first kappa shape index (κ1) is 16.9. The van der Waals surface area contributed by atoms with Gasteiger partial charge < -0.3 is 5.32 Å². The number of likely N-dealkylation sites (tertiary alicyclic amines) is 1. The van der Waals surface area contributed by atoms with Gasteiger partial charge in [0.15, 0.2) is 0 Å². The zero-order chi connectivity index (χ0) is 17.1. The Balaban J connectivity index is 1.77. The lowest BCUT2D eigenvalue weighted by Gasteiger charge is -2.28. The zero-order valence-corrected chi connectivity index (χ0v) is 14.3. The van der Waals surface area contributed by atoms with E-state index in [9.17, 15) is 9.18 Å². The lowest BCUT2D eigenvalue weighted by Crippen LogP contribution is -2.37. The van der Waals surface area contributed by atoms with Crippen molar-refractivity contribution >= 4 is 17.5 Å². The van der Waals surface area contributed by atoms with Gasteiger partial charge in [0.1, 0.15) is 11.5 Å². The SMILES string of the molecule is Cn1ncc(Cl)c1C(=O)NC[C@@H](c1ccccc1F)N1CCCC1. The van der Waals surface area contributed by atoms with Crippen LogP contribution in [0.2, 0.25) is 5.02 Å². The topological polar surface area (TPSA) is 50.2 Å². The molecule has 1 fully saturated rings. The minimum atomic E-state index is -0.305. The van der Waals surface area contributed by atoms with E-state index in [4.69, 9.17) is 11.6 Å². The monoisotopic (exact) mass is 350 g/mol. The smallest absolute Gasteiger partial charge is 0.271 e. The highest BCUT2D eigenvalue weighted by Crippen LogP contribution is 2.26. The van der Waals surface area contributed by atoms with Crippen LogP contribution in [-0.2, 0) is 7.05 Å². The number of nitrogens with one attached hydrogen (secondary N) is 1. The number of amides is 1. The number of aryl methyl sites for hydroxylation is 1. The highest BCUT2D eigenvalue weighted by Gasteiger charge is 2.26. The Hall–Kier alpha value is -1.92. The summed E-state index contributed by atoms with van der Waals surface area (Å²) in [7, 11) is 1.66. The summed E-state index contributed by atoms with van der Waals surface area (Å²) in [5.41, 5.74) is 0.918. The minimum Gasteiger partial charge on any atom is -0.349 e. The van der Waals surface area contributed by atoms with Gasteiger partial charge in [-0.2, -0.15) is 5.10 Å². The summed E-state index contributed by atoms with van der Waals surface area (Å²) >= 11 is 6.01. The molecule has 2 aromatic rings. The van der Waals surface area contributed by atoms with E-state index in [0.717, 1.165) is 25.9 Å². The first-order valence-corrected chi connectivity index (χ1v) is 8.40. The van der Waals surface area contributed by atoms with Gasteiger partial charge in [0.05, 0.1) is 17.3 Å². The molecule has 0 aliphatic carbocycles. The Kier molecular flexibility index (Phi) is 5.16. The standard InChI is InChI=1S/C17H20ClFN4O/c1-22-16(13(18)10-21-22)17(24)20-11-15(23-8-4-5-9-23)12-6-2-3-7-14(12)19/h2-3,6-7,10,15H,4-5,8-9,11H2,1H3,(H,20,24)/t15-/m0/s1. The lowest BCUT2D eigenvalue weighted by atomic mass is 10.0. The van der Waals surface area contributed by atoms with Crippen molar-refractivity contribution < 1.29 is 9.18 Å². The van der Waals surface area contributed by atoms with Gasteiger partial charge in [-0.25, -0.2) is 4.39 Å². The second-order valence-electron chi connectivity index (χ2n) is 5.96. The van der Waals surface area contributed by atoms with Crippen LogP contribution < -0.4 is 5.32 Å². The molecule has 1 aliphatic rings. The molecule has 1 N–H and O–H groups in total. The molecule has 1 atom stereocenters. The van der Waals surface area contributed by atoms with Gasteiger partial charge in [-0.05, 0) is 32.0 Å². The van der Waals surface area contributed by atoms with E-state index in [2.05, 4.69) is 15.3 Å². The average Bonchev–Trinajstić information content (AvgIpc) is 3.19. The van der Waals surface area contributed by atoms with Gasteiger partial charge in [-0.3, -0.25) is 14.4 Å². The van der Waals surface area contributed by atoms with Crippen LogP contribution in [0.3, 0.4) is 0 Å². The van der Waals surface area contributed by atoms with E-state index in [-0.39, 0.29) is 17.8 Å². The number of aromatic nitrogens is 2. The Labute approximate surface area is 145 Å². The van der Waals surface area contributed by atoms with E-state index in [1.165, 1.54) is 16.9 Å². The number of benzene rings is 1. The summed E-state index contributed by atoms with van der Waals surface area (Å²) in [6.07, 6.45) is 3.62. The molecule has 1 aromatic carbocycles. The molecule has 0 radical (unpaired) electrons. The van der Waals surface area contributed by atoms with Crippen molar-refractivity contribution in [3.8, 4) is 0 Å². The molecule has 0 saturated carbocycles. The van der Waals surface area contributed by atoms with E-state index in [0.29, 0.717) is 22.8 Å². The molecule has 0 unspecified atom stereocenters. The molecule has 0 spiro atoms. The summed E-state index contributed by atoms with van der Waals surface area (Å²) in [5, 5.41) is 7.15. The fourth-order valence-electron chi connectivity index (χ4n) is 3.17. The van der Waals surface area contributed by atoms with Crippen molar-refractivity contribution in [3.05, 3.63) is 52.6 Å². The van der Waals surface area contributed by atoms with Crippen LogP contribution in [0.25, 0.3) is 0 Å². The Morgan fingerprint density at radius 3 is 2.71 bits per heavy atom. The number of hydrogen-bond acceptors (Lipinski definition) is 3. The molecule has 7 heteroatoms. The largest absolute Gasteiger partial charge is 0.349 e. The van der Waals surface area contributed by atoms with Crippen LogP contribution >= 0.6 is 11.6 Å². The first-order chi connectivity index (χ1) is 11.6. The van der Waals surface area contributed by atoms with E-state index in [1.807, 2.05) is 6.07 Å². The van der Waals surface area contributed by atoms with Crippen LogP contribution in [0.1, 0.15) is 34.9 Å². The lowest BCUT2D eigenvalue weighted by molar-refractivity contribution is 0.0928. The van der Waals surface area contributed by atoms with Crippen LogP contribution in [-0.4, -0.2) is 40.2 Å². The maximum atomic E-state index is 14.2. The third-order valence-electron chi connectivity index (χ3n) is 4.41. The molecule has 128 valence electrons. The molecule has 3 rings (SSSR count). The molecule has 0 bridgehead atoms. The second-order valence-corrected chi connectivity index (χ2v) is 6.36. The van der Waals surface area contributed by atoms with Crippen LogP contribution in [0, 0.1) is 5.82 Å². The number of carbonyl (C=O) groups is 1. The average molecular weight is 351 g/mol. The fourth-order valence-corrected chi connectivity index (χ4v) is 3.43. The Bertz CT molecular complexity index is 708. The Morgan fingerprint density at radius 1 is 1.38 bits per heavy atom. The van der Waals surface area contributed by atoms with Crippen molar-refractivity contribution in [1.82, 2.24) is 20.0 Å². The molecule has 2 heterocycles. The summed E-state index contributed by atoms with van der Waals surface area (Å²) in [6.45, 7) is 2.13. The number of rotatable bonds is 5. The maximum Gasteiger partial charge on any atom is 0.271 e. The van der Waals surface area contributed by atoms with E-state index < -0.39 is 0 Å². The molecule has 5 nitrogen and oxygen atoms in total. The van der Waals surface area contributed by atoms with Crippen molar-refractivity contribution in [3.63, 3.8) is 0 Å². The van der Waals surface area contributed by atoms with Gasteiger partial charge >= 0.3 is 0 Å². The van der Waals surface area contributed by atoms with Crippen LogP contribution in [0.5, 0.6) is 0 Å². The van der Waals surface area contributed by atoms with Gasteiger partial charge in [-0.15, -0.1) is 0 Å². The van der Waals surface area contributed by atoms with E-state index in [1.54, 1.807) is 19.2 Å². The quantitative estimate of drug-likeness (QED) is 0.902. The number of nitrogens with zero attached hydrogens (tertiary/aromatic N) is 3. The van der Waals surface area contributed by atoms with Crippen molar-refractivity contribution in [2.24, 2.45) is 7.05 Å². The molecular formula is C17H20ClFN4O. The maximum absolute atomic E-state index is 14.2. The predicted octanol–water partition coefficient (Wildman–Crippen LogP) is 2.78. The number of hydrogen-bond donors (Lipinski definition) is 1. The Morgan fingerprint density at radius 2 is 2.08 bits per heavy atom. The van der Waals surface area contributed by atoms with Gasteiger partial charge in [0, 0.05) is 19.2 Å².